The van der Waals surface area contributed by atoms with Crippen LogP contribution in [0.15, 0.2) is 48.5 Å². The summed E-state index contributed by atoms with van der Waals surface area (Å²) in [6.45, 7) is 6.00. The van der Waals surface area contributed by atoms with E-state index in [-0.39, 0.29) is 5.91 Å². The van der Waals surface area contributed by atoms with Crippen LogP contribution in [0, 0.1) is 11.8 Å². The Kier molecular flexibility index (Phi) is 5.98. The molecule has 6 nitrogen and oxygen atoms in total. The van der Waals surface area contributed by atoms with Crippen LogP contribution in [-0.2, 0) is 0 Å². The molecule has 0 radical (unpaired) electrons. The summed E-state index contributed by atoms with van der Waals surface area (Å²) >= 11 is 0. The lowest BCUT2D eigenvalue weighted by Crippen LogP contribution is -2.42. The first-order valence-electron chi connectivity index (χ1n) is 10.7. The summed E-state index contributed by atoms with van der Waals surface area (Å²) in [6, 6.07) is 15.2. The monoisotopic (exact) mass is 419 g/mol. The van der Waals surface area contributed by atoms with Crippen molar-refractivity contribution in [2.75, 3.05) is 32.6 Å². The van der Waals surface area contributed by atoms with Crippen LogP contribution < -0.4 is 14.8 Å². The van der Waals surface area contributed by atoms with Crippen LogP contribution in [0.3, 0.4) is 0 Å². The highest BCUT2D eigenvalue weighted by Crippen LogP contribution is 2.33. The fourth-order valence-corrected chi connectivity index (χ4v) is 4.46. The number of pyridine rings is 1. The quantitative estimate of drug-likeness (QED) is 0.622. The lowest BCUT2D eigenvalue weighted by atomic mass is 9.91. The van der Waals surface area contributed by atoms with Gasteiger partial charge in [-0.1, -0.05) is 32.0 Å². The number of hydrogen-bond donors (Lipinski definition) is 1. The van der Waals surface area contributed by atoms with Gasteiger partial charge in [-0.3, -0.25) is 4.79 Å². The van der Waals surface area contributed by atoms with Gasteiger partial charge in [0.25, 0.3) is 5.91 Å². The standard InChI is InChI=1S/C25H29N3O3/c1-16-11-17(2)15-28(14-16)25(29)20-13-24(26-21-8-6-5-7-19(20)21)27-22-10-9-18(30-3)12-23(22)31-4/h5-10,12-13,16-17H,11,14-15H2,1-4H3,(H,26,27)/t16-,17-/m0/s1. The third-order valence-electron chi connectivity index (χ3n) is 5.77. The molecular formula is C25H29N3O3. The molecule has 1 saturated heterocycles. The molecule has 0 saturated carbocycles. The summed E-state index contributed by atoms with van der Waals surface area (Å²) in [4.78, 5) is 20.3. The van der Waals surface area contributed by atoms with Gasteiger partial charge in [0.1, 0.15) is 17.3 Å². The number of carbonyl (C=O) groups is 1. The van der Waals surface area contributed by atoms with Crippen LogP contribution in [0.2, 0.25) is 0 Å². The van der Waals surface area contributed by atoms with E-state index in [1.165, 1.54) is 0 Å². The van der Waals surface area contributed by atoms with Crippen LogP contribution in [0.1, 0.15) is 30.6 Å². The van der Waals surface area contributed by atoms with Crippen molar-refractivity contribution in [3.8, 4) is 11.5 Å². The maximum atomic E-state index is 13.5. The molecule has 1 N–H and O–H groups in total. The molecule has 3 aromatic rings. The van der Waals surface area contributed by atoms with Crippen LogP contribution in [-0.4, -0.2) is 43.1 Å². The van der Waals surface area contributed by atoms with Crippen molar-refractivity contribution in [3.63, 3.8) is 0 Å². The highest BCUT2D eigenvalue weighted by molar-refractivity contribution is 6.07. The third-order valence-corrected chi connectivity index (χ3v) is 5.77. The van der Waals surface area contributed by atoms with E-state index in [2.05, 4.69) is 19.2 Å². The molecule has 0 bridgehead atoms. The van der Waals surface area contributed by atoms with Gasteiger partial charge in [0.05, 0.1) is 31.0 Å². The molecule has 1 fully saturated rings. The van der Waals surface area contributed by atoms with Gasteiger partial charge >= 0.3 is 0 Å². The zero-order valence-corrected chi connectivity index (χ0v) is 18.5. The number of nitrogens with one attached hydrogen (secondary N) is 1. The van der Waals surface area contributed by atoms with E-state index in [0.29, 0.717) is 34.7 Å². The smallest absolute Gasteiger partial charge is 0.254 e. The number of nitrogens with zero attached hydrogens (tertiary/aromatic N) is 2. The first-order chi connectivity index (χ1) is 15.0. The first kappa shape index (κ1) is 21.0. The maximum Gasteiger partial charge on any atom is 0.254 e. The summed E-state index contributed by atoms with van der Waals surface area (Å²) in [7, 11) is 3.23. The molecule has 0 spiro atoms. The topological polar surface area (TPSA) is 63.7 Å². The summed E-state index contributed by atoms with van der Waals surface area (Å²) < 4.78 is 10.8. The number of anilines is 2. The lowest BCUT2D eigenvalue weighted by molar-refractivity contribution is 0.0625. The molecule has 31 heavy (non-hydrogen) atoms. The van der Waals surface area contributed by atoms with Crippen LogP contribution in [0.4, 0.5) is 11.5 Å². The largest absolute Gasteiger partial charge is 0.497 e. The van der Waals surface area contributed by atoms with E-state index in [4.69, 9.17) is 14.5 Å². The number of carbonyl (C=O) groups excluding carboxylic acids is 1. The number of methoxy groups -OCH3 is 2. The van der Waals surface area contributed by atoms with Gasteiger partial charge < -0.3 is 19.7 Å². The number of likely N-dealkylation sites (tertiary alicyclic amines) is 1. The Morgan fingerprint density at radius 1 is 1.03 bits per heavy atom. The molecule has 4 rings (SSSR count). The van der Waals surface area contributed by atoms with E-state index in [1.54, 1.807) is 14.2 Å². The van der Waals surface area contributed by atoms with Crippen LogP contribution in [0.5, 0.6) is 11.5 Å². The number of fused-ring (bicyclic) bond motifs is 1. The number of ether oxygens (including phenoxy) is 2. The molecule has 1 aliphatic rings. The highest BCUT2D eigenvalue weighted by atomic mass is 16.5. The van der Waals surface area contributed by atoms with Gasteiger partial charge in [0.15, 0.2) is 0 Å². The van der Waals surface area contributed by atoms with E-state index in [0.717, 1.165) is 36.1 Å². The molecule has 0 aliphatic carbocycles. The molecule has 1 aromatic heterocycles. The van der Waals surface area contributed by atoms with Gasteiger partial charge in [0.2, 0.25) is 0 Å². The van der Waals surface area contributed by atoms with Crippen molar-refractivity contribution in [3.05, 3.63) is 54.1 Å². The Labute approximate surface area is 183 Å². The van der Waals surface area contributed by atoms with Crippen molar-refractivity contribution in [1.82, 2.24) is 9.88 Å². The average molecular weight is 420 g/mol. The van der Waals surface area contributed by atoms with Crippen molar-refractivity contribution < 1.29 is 14.3 Å². The number of benzene rings is 2. The Hall–Kier alpha value is -3.28. The number of piperidine rings is 1. The summed E-state index contributed by atoms with van der Waals surface area (Å²) in [6.07, 6.45) is 1.16. The molecule has 162 valence electrons. The van der Waals surface area contributed by atoms with Crippen LogP contribution in [0.25, 0.3) is 10.9 Å². The second-order valence-corrected chi connectivity index (χ2v) is 8.42. The number of hydrogen-bond acceptors (Lipinski definition) is 5. The van der Waals surface area contributed by atoms with Crippen molar-refractivity contribution >= 4 is 28.3 Å². The van der Waals surface area contributed by atoms with Crippen molar-refractivity contribution in [2.45, 2.75) is 20.3 Å². The average Bonchev–Trinajstić information content (AvgIpc) is 2.77. The van der Waals surface area contributed by atoms with Crippen molar-refractivity contribution in [1.29, 1.82) is 0 Å². The molecule has 2 aromatic carbocycles. The molecule has 1 aliphatic heterocycles. The normalized spacial score (nSPS) is 18.6. The molecule has 0 unspecified atom stereocenters. The summed E-state index contributed by atoms with van der Waals surface area (Å²) in [5, 5.41) is 4.19. The number of aromatic nitrogens is 1. The van der Waals surface area contributed by atoms with E-state index < -0.39 is 0 Å². The lowest BCUT2D eigenvalue weighted by Gasteiger charge is -2.35. The SMILES string of the molecule is COc1ccc(Nc2cc(C(=O)N3C[C@@H](C)C[C@H](C)C3)c3ccccc3n2)c(OC)c1. The fraction of sp³-hybridized carbons (Fsp3) is 0.360. The zero-order chi connectivity index (χ0) is 22.0. The van der Waals surface area contributed by atoms with Gasteiger partial charge in [0, 0.05) is 24.5 Å². The number of para-hydroxylation sites is 1. The Bertz CT molecular complexity index is 1090. The summed E-state index contributed by atoms with van der Waals surface area (Å²) in [5.74, 6) is 3.01. The minimum atomic E-state index is 0.0572. The maximum absolute atomic E-state index is 13.5. The predicted molar refractivity (Wildman–Crippen MR) is 123 cm³/mol. The third kappa shape index (κ3) is 4.43. The van der Waals surface area contributed by atoms with E-state index in [1.807, 2.05) is 53.4 Å². The summed E-state index contributed by atoms with van der Waals surface area (Å²) in [5.41, 5.74) is 2.20. The van der Waals surface area contributed by atoms with Crippen molar-refractivity contribution in [2.24, 2.45) is 11.8 Å². The van der Waals surface area contributed by atoms with Crippen LogP contribution >= 0.6 is 0 Å². The van der Waals surface area contributed by atoms with E-state index in [9.17, 15) is 4.79 Å². The Morgan fingerprint density at radius 2 is 1.77 bits per heavy atom. The first-order valence-corrected chi connectivity index (χ1v) is 10.7. The minimum absolute atomic E-state index is 0.0572. The van der Waals surface area contributed by atoms with Gasteiger partial charge in [-0.05, 0) is 42.5 Å². The fourth-order valence-electron chi connectivity index (χ4n) is 4.46. The molecule has 1 amide bonds. The number of amides is 1. The van der Waals surface area contributed by atoms with E-state index >= 15 is 0 Å². The zero-order valence-electron chi connectivity index (χ0n) is 18.5. The molecular weight excluding hydrogens is 390 g/mol. The highest BCUT2D eigenvalue weighted by Gasteiger charge is 2.27. The minimum Gasteiger partial charge on any atom is -0.497 e. The number of rotatable bonds is 5. The predicted octanol–water partition coefficient (Wildman–Crippen LogP) is 5.11. The molecule has 6 heteroatoms. The second-order valence-electron chi connectivity index (χ2n) is 8.42. The second kappa shape index (κ2) is 8.84. The Morgan fingerprint density at radius 3 is 2.48 bits per heavy atom. The molecule has 2 atom stereocenters. The van der Waals surface area contributed by atoms with Gasteiger partial charge in [-0.15, -0.1) is 0 Å². The van der Waals surface area contributed by atoms with Gasteiger partial charge in [-0.25, -0.2) is 4.98 Å². The Balaban J connectivity index is 1.73. The molecule has 2 heterocycles. The van der Waals surface area contributed by atoms with Gasteiger partial charge in [-0.2, -0.15) is 0 Å².